The van der Waals surface area contributed by atoms with Crippen molar-refractivity contribution in [3.8, 4) is 0 Å². The summed E-state index contributed by atoms with van der Waals surface area (Å²) >= 11 is 0. The molecule has 2 amide bonds. The number of rotatable bonds is 1. The maximum Gasteiger partial charge on any atom is 0.320 e. The molecule has 2 aliphatic heterocycles. The molecule has 3 nitrogen and oxygen atoms in total. The first-order valence-corrected chi connectivity index (χ1v) is 11.1. The fourth-order valence-electron chi connectivity index (χ4n) is 6.21. The van der Waals surface area contributed by atoms with Crippen molar-refractivity contribution in [3.63, 3.8) is 0 Å². The first kappa shape index (κ1) is 18.7. The number of carbonyl (C=O) groups excluding carboxylic acids is 1. The van der Waals surface area contributed by atoms with E-state index in [1.807, 2.05) is 0 Å². The number of hydrogen-bond donors (Lipinski definition) is 0. The second kappa shape index (κ2) is 6.62. The Morgan fingerprint density at radius 3 is 2.48 bits per heavy atom. The number of benzene rings is 2. The summed E-state index contributed by atoms with van der Waals surface area (Å²) in [5.74, 6) is 0.468. The Morgan fingerprint density at radius 2 is 1.69 bits per heavy atom. The molecule has 1 aliphatic carbocycles. The average Bonchev–Trinajstić information content (AvgIpc) is 3.21. The summed E-state index contributed by atoms with van der Waals surface area (Å²) in [7, 11) is 0. The molecule has 3 heteroatoms. The van der Waals surface area contributed by atoms with Crippen LogP contribution in [0.2, 0.25) is 0 Å². The Morgan fingerprint density at radius 1 is 0.966 bits per heavy atom. The third-order valence-corrected chi connectivity index (χ3v) is 8.48. The second-order valence-electron chi connectivity index (χ2n) is 10.00. The van der Waals surface area contributed by atoms with E-state index in [4.69, 9.17) is 0 Å². The van der Waals surface area contributed by atoms with Gasteiger partial charge in [0.1, 0.15) is 0 Å². The van der Waals surface area contributed by atoms with Gasteiger partial charge in [-0.15, -0.1) is 0 Å². The van der Waals surface area contributed by atoms with Crippen molar-refractivity contribution in [1.29, 1.82) is 0 Å². The highest BCUT2D eigenvalue weighted by molar-refractivity contribution is 5.76. The van der Waals surface area contributed by atoms with Gasteiger partial charge in [-0.3, -0.25) is 0 Å². The van der Waals surface area contributed by atoms with E-state index in [0.29, 0.717) is 5.92 Å². The molecule has 2 heterocycles. The highest BCUT2D eigenvalue weighted by Crippen LogP contribution is 2.56. The molecular weight excluding hydrogens is 356 g/mol. The van der Waals surface area contributed by atoms with Crippen LogP contribution in [0, 0.1) is 5.41 Å². The monoisotopic (exact) mass is 388 g/mol. The number of amides is 2. The number of nitrogens with zero attached hydrogens (tertiary/aromatic N) is 2. The van der Waals surface area contributed by atoms with Crippen molar-refractivity contribution in [1.82, 2.24) is 9.80 Å². The summed E-state index contributed by atoms with van der Waals surface area (Å²) in [6.07, 6.45) is 3.08. The van der Waals surface area contributed by atoms with Crippen LogP contribution in [0.3, 0.4) is 0 Å². The molecule has 2 aromatic rings. The van der Waals surface area contributed by atoms with Crippen molar-refractivity contribution in [2.75, 3.05) is 19.6 Å². The van der Waals surface area contributed by atoms with E-state index in [2.05, 4.69) is 85.2 Å². The molecule has 5 rings (SSSR count). The average molecular weight is 389 g/mol. The van der Waals surface area contributed by atoms with Crippen molar-refractivity contribution < 1.29 is 4.79 Å². The molecule has 2 aromatic carbocycles. The number of urea groups is 1. The lowest BCUT2D eigenvalue weighted by atomic mass is 9.51. The molecular formula is C26H32N2O. The normalized spacial score (nSPS) is 30.2. The lowest BCUT2D eigenvalue weighted by Crippen LogP contribution is -2.66. The highest BCUT2D eigenvalue weighted by Gasteiger charge is 2.57. The minimum absolute atomic E-state index is 0.0633. The van der Waals surface area contributed by atoms with Crippen molar-refractivity contribution >= 4 is 6.03 Å². The Labute approximate surface area is 174 Å². The fourth-order valence-corrected chi connectivity index (χ4v) is 6.21. The largest absolute Gasteiger partial charge is 0.324 e. The van der Waals surface area contributed by atoms with Crippen LogP contribution in [0.5, 0.6) is 0 Å². The van der Waals surface area contributed by atoms with E-state index in [-0.39, 0.29) is 22.9 Å². The zero-order chi connectivity index (χ0) is 20.2. The summed E-state index contributed by atoms with van der Waals surface area (Å²) in [4.78, 5) is 18.0. The molecule has 2 fully saturated rings. The number of piperidine rings is 1. The summed E-state index contributed by atoms with van der Waals surface area (Å²) in [5, 5.41) is 0. The molecule has 0 spiro atoms. The van der Waals surface area contributed by atoms with Crippen LogP contribution in [0.15, 0.2) is 54.6 Å². The SMILES string of the molecule is CC1(C)[C@@H]2Cc3ccccc3[C@]1(C)CCN2C(=O)N1CCC(c2ccccc2)C1. The van der Waals surface area contributed by atoms with Crippen LogP contribution >= 0.6 is 0 Å². The van der Waals surface area contributed by atoms with Crippen LogP contribution in [0.4, 0.5) is 4.79 Å². The lowest BCUT2D eigenvalue weighted by Gasteiger charge is -2.61. The topological polar surface area (TPSA) is 23.6 Å². The van der Waals surface area contributed by atoms with Gasteiger partial charge in [0.2, 0.25) is 0 Å². The quantitative estimate of drug-likeness (QED) is 0.658. The zero-order valence-electron chi connectivity index (χ0n) is 17.9. The van der Waals surface area contributed by atoms with Gasteiger partial charge in [-0.05, 0) is 41.4 Å². The van der Waals surface area contributed by atoms with E-state index in [1.165, 1.54) is 16.7 Å². The van der Waals surface area contributed by atoms with Crippen molar-refractivity contribution in [2.45, 2.75) is 57.4 Å². The molecule has 152 valence electrons. The Kier molecular flexibility index (Phi) is 4.27. The maximum atomic E-state index is 13.6. The predicted molar refractivity (Wildman–Crippen MR) is 117 cm³/mol. The predicted octanol–water partition coefficient (Wildman–Crippen LogP) is 5.21. The van der Waals surface area contributed by atoms with E-state index in [0.717, 1.165) is 38.9 Å². The minimum Gasteiger partial charge on any atom is -0.324 e. The van der Waals surface area contributed by atoms with E-state index >= 15 is 0 Å². The van der Waals surface area contributed by atoms with Crippen LogP contribution in [0.1, 0.15) is 56.2 Å². The van der Waals surface area contributed by atoms with Crippen LogP contribution in [-0.4, -0.2) is 41.5 Å². The Bertz CT molecular complexity index is 921. The van der Waals surface area contributed by atoms with E-state index < -0.39 is 0 Å². The van der Waals surface area contributed by atoms with Gasteiger partial charge < -0.3 is 9.80 Å². The number of fused-ring (bicyclic) bond motifs is 4. The first-order chi connectivity index (χ1) is 13.9. The van der Waals surface area contributed by atoms with Gasteiger partial charge in [0.05, 0.1) is 0 Å². The number of hydrogen-bond acceptors (Lipinski definition) is 1. The van der Waals surface area contributed by atoms with Gasteiger partial charge in [-0.2, -0.15) is 0 Å². The number of likely N-dealkylation sites (tertiary alicyclic amines) is 2. The van der Waals surface area contributed by atoms with Crippen molar-refractivity contribution in [3.05, 3.63) is 71.3 Å². The van der Waals surface area contributed by atoms with E-state index in [9.17, 15) is 4.79 Å². The summed E-state index contributed by atoms with van der Waals surface area (Å²) in [5.41, 5.74) is 4.48. The van der Waals surface area contributed by atoms with Crippen LogP contribution in [0.25, 0.3) is 0 Å². The molecule has 2 bridgehead atoms. The third kappa shape index (κ3) is 2.73. The smallest absolute Gasteiger partial charge is 0.320 e. The summed E-state index contributed by atoms with van der Waals surface area (Å²) < 4.78 is 0. The third-order valence-electron chi connectivity index (χ3n) is 8.48. The van der Waals surface area contributed by atoms with Crippen LogP contribution < -0.4 is 0 Å². The summed E-state index contributed by atoms with van der Waals surface area (Å²) in [6.45, 7) is 9.76. The Balaban J connectivity index is 1.40. The van der Waals surface area contributed by atoms with Gasteiger partial charge in [-0.25, -0.2) is 4.79 Å². The molecule has 0 N–H and O–H groups in total. The lowest BCUT2D eigenvalue weighted by molar-refractivity contribution is -0.0221. The molecule has 3 atom stereocenters. The van der Waals surface area contributed by atoms with Gasteiger partial charge in [0.25, 0.3) is 0 Å². The van der Waals surface area contributed by atoms with Crippen molar-refractivity contribution in [2.24, 2.45) is 5.41 Å². The molecule has 0 saturated carbocycles. The fraction of sp³-hybridized carbons (Fsp3) is 0.500. The number of carbonyl (C=O) groups is 1. The first-order valence-electron chi connectivity index (χ1n) is 11.1. The molecule has 1 unspecified atom stereocenters. The van der Waals surface area contributed by atoms with Gasteiger partial charge in [0.15, 0.2) is 0 Å². The van der Waals surface area contributed by atoms with Gasteiger partial charge in [0, 0.05) is 37.0 Å². The molecule has 0 aromatic heterocycles. The Hall–Kier alpha value is -2.29. The van der Waals surface area contributed by atoms with Gasteiger partial charge in [-0.1, -0.05) is 75.4 Å². The zero-order valence-corrected chi connectivity index (χ0v) is 17.9. The second-order valence-corrected chi connectivity index (χ2v) is 10.00. The van der Waals surface area contributed by atoms with E-state index in [1.54, 1.807) is 0 Å². The molecule has 29 heavy (non-hydrogen) atoms. The molecule has 2 saturated heterocycles. The van der Waals surface area contributed by atoms with Crippen LogP contribution in [-0.2, 0) is 11.8 Å². The highest BCUT2D eigenvalue weighted by atomic mass is 16.2. The molecule has 3 aliphatic rings. The molecule has 0 radical (unpaired) electrons. The standard InChI is InChI=1S/C26H32N2O/c1-25(2)23-17-20-11-7-8-12-22(20)26(25,3)14-16-28(23)24(29)27-15-13-21(18-27)19-9-5-4-6-10-19/h4-12,21,23H,13-18H2,1-3H3/t21?,23-,26-/m0/s1. The van der Waals surface area contributed by atoms with Gasteiger partial charge >= 0.3 is 6.03 Å². The minimum atomic E-state index is 0.0633. The maximum absolute atomic E-state index is 13.6. The summed E-state index contributed by atoms with van der Waals surface area (Å²) in [6, 6.07) is 20.1.